The van der Waals surface area contributed by atoms with E-state index in [0.717, 1.165) is 5.39 Å². The van der Waals surface area contributed by atoms with Crippen molar-refractivity contribution in [2.45, 2.75) is 0 Å². The van der Waals surface area contributed by atoms with Gasteiger partial charge in [0.25, 0.3) is 0 Å². The molecule has 2 aliphatic rings. The lowest BCUT2D eigenvalue weighted by atomic mass is 10.0. The fraction of sp³-hybridized carbons (Fsp3) is 0. The molecule has 0 aliphatic heterocycles. The van der Waals surface area contributed by atoms with Gasteiger partial charge >= 0.3 is 0 Å². The third kappa shape index (κ3) is 2.58. The summed E-state index contributed by atoms with van der Waals surface area (Å²) in [5.74, 6) is -0.0261. The molecule has 0 aromatic heterocycles. The van der Waals surface area contributed by atoms with Crippen LogP contribution in [0.25, 0.3) is 21.5 Å². The van der Waals surface area contributed by atoms with Crippen LogP contribution in [-0.4, -0.2) is 5.11 Å². The van der Waals surface area contributed by atoms with E-state index in [9.17, 15) is 19.5 Å². The second-order valence-corrected chi connectivity index (χ2v) is 6.95. The number of aromatic hydroxyl groups is 1. The van der Waals surface area contributed by atoms with Crippen molar-refractivity contribution in [3.05, 3.63) is 119 Å². The van der Waals surface area contributed by atoms with Crippen molar-refractivity contribution >= 4 is 27.2 Å². The largest absolute Gasteiger partial charge is 0.505 e. The molecule has 0 saturated carbocycles. The van der Waals surface area contributed by atoms with E-state index in [1.54, 1.807) is 48.5 Å². The van der Waals surface area contributed by atoms with Crippen LogP contribution in [0.4, 0.5) is 5.69 Å². The monoisotopic (exact) mass is 394 g/mol. The zero-order valence-corrected chi connectivity index (χ0v) is 15.5. The third-order valence-corrected chi connectivity index (χ3v) is 5.22. The van der Waals surface area contributed by atoms with Gasteiger partial charge < -0.3 is 5.11 Å². The van der Waals surface area contributed by atoms with E-state index in [0.29, 0.717) is 10.8 Å². The van der Waals surface area contributed by atoms with E-state index >= 15 is 0 Å². The molecule has 0 spiro atoms. The molecule has 0 fully saturated rings. The van der Waals surface area contributed by atoms with Crippen LogP contribution in [0.2, 0.25) is 0 Å². The van der Waals surface area contributed by atoms with Gasteiger partial charge in [0.05, 0.1) is 10.9 Å². The minimum atomic E-state index is -0.498. The molecule has 2 N–H and O–H groups in total. The molecule has 0 saturated heterocycles. The summed E-state index contributed by atoms with van der Waals surface area (Å²) in [6, 6.07) is 19.8. The number of benzene rings is 3. The van der Waals surface area contributed by atoms with Gasteiger partial charge in [0.15, 0.2) is 10.9 Å². The number of phenolic OH excluding ortho intramolecular Hbond substituents is 1. The Labute approximate surface area is 168 Å². The van der Waals surface area contributed by atoms with Crippen molar-refractivity contribution in [2.24, 2.45) is 5.10 Å². The molecule has 0 heterocycles. The number of hydrogen-bond acceptors (Lipinski definition) is 6. The number of hydrogen-bond donors (Lipinski definition) is 2. The molecule has 5 rings (SSSR count). The van der Waals surface area contributed by atoms with Gasteiger partial charge in [-0.15, -0.1) is 0 Å². The zero-order valence-electron chi connectivity index (χ0n) is 15.5. The van der Waals surface area contributed by atoms with Crippen molar-refractivity contribution in [3.8, 4) is 5.75 Å². The first kappa shape index (κ1) is 17.8. The molecule has 6 nitrogen and oxygen atoms in total. The van der Waals surface area contributed by atoms with E-state index in [1.807, 2.05) is 12.1 Å². The highest BCUT2D eigenvalue weighted by Crippen LogP contribution is 2.32. The predicted octanol–water partition coefficient (Wildman–Crippen LogP) is 2.31. The lowest BCUT2D eigenvalue weighted by Gasteiger charge is -2.07. The van der Waals surface area contributed by atoms with Gasteiger partial charge in [-0.05, 0) is 23.6 Å². The predicted molar refractivity (Wildman–Crippen MR) is 115 cm³/mol. The van der Waals surface area contributed by atoms with Crippen LogP contribution in [0.15, 0.2) is 92.3 Å². The average molecular weight is 394 g/mol. The Bertz CT molecular complexity index is 1750. The number of fused-ring (bicyclic) bond motifs is 2. The van der Waals surface area contributed by atoms with E-state index in [2.05, 4.69) is 10.5 Å². The molecule has 30 heavy (non-hydrogen) atoms. The molecule has 0 radical (unpaired) electrons. The molecule has 0 amide bonds. The lowest BCUT2D eigenvalue weighted by Crippen LogP contribution is -2.33. The Hall–Kier alpha value is -4.32. The van der Waals surface area contributed by atoms with E-state index < -0.39 is 10.9 Å². The maximum Gasteiger partial charge on any atom is 0.206 e. The Balaban J connectivity index is 1.82. The number of nitrogens with zero attached hydrogens (tertiary/aromatic N) is 1. The molecule has 144 valence electrons. The highest BCUT2D eigenvalue weighted by molar-refractivity contribution is 5.92. The standard InChI is InChI=1S/C24H14N2O4/c27-19-12-10-17-20(24(30)16-8-4-3-7-15(16)22(17)28)21(19)26-25-18-11-9-13-5-1-2-6-14(13)23(18)29/h1-12,25,29H. The van der Waals surface area contributed by atoms with Crippen LogP contribution in [0.3, 0.4) is 0 Å². The maximum atomic E-state index is 13.1. The van der Waals surface area contributed by atoms with Gasteiger partial charge in [0.2, 0.25) is 5.43 Å². The van der Waals surface area contributed by atoms with Crippen LogP contribution < -0.4 is 27.1 Å². The first-order chi connectivity index (χ1) is 14.6. The minimum absolute atomic E-state index is 0.0261. The number of rotatable bonds is 2. The third-order valence-electron chi connectivity index (χ3n) is 5.22. The summed E-state index contributed by atoms with van der Waals surface area (Å²) in [4.78, 5) is 38.4. The highest BCUT2D eigenvalue weighted by Gasteiger charge is 2.11. The Morgan fingerprint density at radius 1 is 0.700 bits per heavy atom. The summed E-state index contributed by atoms with van der Waals surface area (Å²) < 4.78 is 0. The molecule has 0 unspecified atom stereocenters. The summed E-state index contributed by atoms with van der Waals surface area (Å²) in [5.41, 5.74) is 1.71. The smallest absolute Gasteiger partial charge is 0.206 e. The number of phenols is 1. The first-order valence-electron chi connectivity index (χ1n) is 9.26. The quantitative estimate of drug-likeness (QED) is 0.354. The Kier molecular flexibility index (Phi) is 3.93. The van der Waals surface area contributed by atoms with Gasteiger partial charge in [-0.25, -0.2) is 0 Å². The van der Waals surface area contributed by atoms with Crippen LogP contribution >= 0.6 is 0 Å². The topological polar surface area (TPSA) is 95.8 Å². The van der Waals surface area contributed by atoms with Gasteiger partial charge in [-0.3, -0.25) is 19.8 Å². The number of anilines is 1. The molecular formula is C24H14N2O4. The lowest BCUT2D eigenvalue weighted by molar-refractivity contribution is 0.483. The minimum Gasteiger partial charge on any atom is -0.505 e. The summed E-state index contributed by atoms with van der Waals surface area (Å²) >= 11 is 0. The Morgan fingerprint density at radius 3 is 2.13 bits per heavy atom. The van der Waals surface area contributed by atoms with E-state index in [-0.39, 0.29) is 38.0 Å². The fourth-order valence-electron chi connectivity index (χ4n) is 3.72. The van der Waals surface area contributed by atoms with Gasteiger partial charge in [-0.2, -0.15) is 5.10 Å². The summed E-state index contributed by atoms with van der Waals surface area (Å²) in [5, 5.41) is 16.6. The van der Waals surface area contributed by atoms with Crippen molar-refractivity contribution < 1.29 is 5.11 Å². The Morgan fingerprint density at radius 2 is 1.37 bits per heavy atom. The van der Waals surface area contributed by atoms with E-state index in [1.165, 1.54) is 12.1 Å². The average Bonchev–Trinajstić information content (AvgIpc) is 2.78. The first-order valence-corrected chi connectivity index (χ1v) is 9.26. The summed E-state index contributed by atoms with van der Waals surface area (Å²) in [7, 11) is 0. The van der Waals surface area contributed by atoms with Gasteiger partial charge in [-0.1, -0.05) is 54.6 Å². The fourth-order valence-corrected chi connectivity index (χ4v) is 3.72. The molecule has 2 aliphatic carbocycles. The molecular weight excluding hydrogens is 380 g/mol. The molecule has 3 aromatic rings. The van der Waals surface area contributed by atoms with Crippen molar-refractivity contribution in [3.63, 3.8) is 0 Å². The van der Waals surface area contributed by atoms with Crippen molar-refractivity contribution in [2.75, 3.05) is 5.43 Å². The summed E-state index contributed by atoms with van der Waals surface area (Å²) in [6.07, 6.45) is 0. The molecule has 0 bridgehead atoms. The second-order valence-electron chi connectivity index (χ2n) is 6.95. The summed E-state index contributed by atoms with van der Waals surface area (Å²) in [6.45, 7) is 0. The maximum absolute atomic E-state index is 13.1. The zero-order chi connectivity index (χ0) is 20.8. The highest BCUT2D eigenvalue weighted by atomic mass is 16.3. The van der Waals surface area contributed by atoms with Gasteiger partial charge in [0.1, 0.15) is 11.1 Å². The van der Waals surface area contributed by atoms with Crippen LogP contribution in [-0.2, 0) is 0 Å². The second kappa shape index (κ2) is 6.63. The molecule has 3 aromatic carbocycles. The molecule has 6 heteroatoms. The normalized spacial score (nSPS) is 12.1. The SMILES string of the molecule is O=c1ccc2c(=O)c3ccccc3c(=O)c=2c1=NNc1ccc2ccccc2c1O. The van der Waals surface area contributed by atoms with Crippen molar-refractivity contribution in [1.82, 2.24) is 0 Å². The number of nitrogens with one attached hydrogen (secondary N) is 1. The van der Waals surface area contributed by atoms with Crippen LogP contribution in [0, 0.1) is 10.4 Å². The van der Waals surface area contributed by atoms with Gasteiger partial charge in [0, 0.05) is 21.4 Å². The van der Waals surface area contributed by atoms with Crippen LogP contribution in [0.5, 0.6) is 5.75 Å². The van der Waals surface area contributed by atoms with Crippen LogP contribution in [0.1, 0.15) is 0 Å². The van der Waals surface area contributed by atoms with Crippen molar-refractivity contribution in [1.29, 1.82) is 0 Å². The molecule has 0 atom stereocenters. The van der Waals surface area contributed by atoms with E-state index in [4.69, 9.17) is 0 Å².